The molecule has 3 N–H and O–H groups in total. The second-order valence-electron chi connectivity index (χ2n) is 6.46. The Hall–Kier alpha value is -2.94. The van der Waals surface area contributed by atoms with Crippen LogP contribution in [-0.2, 0) is 6.18 Å². The van der Waals surface area contributed by atoms with Gasteiger partial charge in [0, 0.05) is 5.39 Å². The minimum Gasteiger partial charge on any atom is -0.493 e. The molecule has 3 aromatic rings. The van der Waals surface area contributed by atoms with Gasteiger partial charge in [-0.25, -0.2) is 0 Å². The smallest absolute Gasteiger partial charge is 0.418 e. The fourth-order valence-electron chi connectivity index (χ4n) is 2.72. The Morgan fingerprint density at radius 1 is 1.18 bits per heavy atom. The molecule has 0 atom stereocenters. The van der Waals surface area contributed by atoms with Crippen LogP contribution in [0, 0.1) is 0 Å². The van der Waals surface area contributed by atoms with Crippen molar-refractivity contribution in [1.29, 1.82) is 0 Å². The van der Waals surface area contributed by atoms with Crippen molar-refractivity contribution in [2.24, 2.45) is 10.2 Å². The molecule has 0 saturated carbocycles. The van der Waals surface area contributed by atoms with Crippen LogP contribution >= 0.6 is 12.2 Å². The van der Waals surface area contributed by atoms with Crippen LogP contribution in [0.4, 0.5) is 24.5 Å². The van der Waals surface area contributed by atoms with Crippen molar-refractivity contribution in [1.82, 2.24) is 4.98 Å². The number of nitrogens with zero attached hydrogens (tertiary/aromatic N) is 2. The van der Waals surface area contributed by atoms with Gasteiger partial charge in [-0.2, -0.15) is 13.2 Å². The number of hydrogen-bond donors (Lipinski definition) is 3. The number of thiocarbonyl (C=S) groups is 1. The second kappa shape index (κ2) is 7.59. The maximum atomic E-state index is 13.1. The molecule has 2 aromatic carbocycles. The van der Waals surface area contributed by atoms with Gasteiger partial charge < -0.3 is 15.4 Å². The molecule has 0 aliphatic rings. The van der Waals surface area contributed by atoms with Crippen LogP contribution in [0.2, 0.25) is 0 Å². The predicted molar refractivity (Wildman–Crippen MR) is 106 cm³/mol. The fraction of sp³-hybridized carbons (Fsp3) is 0.211. The Morgan fingerprint density at radius 2 is 1.89 bits per heavy atom. The number of aromatic hydroxyl groups is 1. The zero-order valence-corrected chi connectivity index (χ0v) is 15.8. The molecule has 9 heteroatoms. The van der Waals surface area contributed by atoms with Crippen molar-refractivity contribution in [3.8, 4) is 5.88 Å². The van der Waals surface area contributed by atoms with Crippen molar-refractivity contribution in [2.75, 3.05) is 5.32 Å². The summed E-state index contributed by atoms with van der Waals surface area (Å²) in [5.41, 5.74) is 0.805. The normalized spacial score (nSPS) is 12.2. The molecule has 1 aromatic heterocycles. The summed E-state index contributed by atoms with van der Waals surface area (Å²) >= 11 is 4.99. The molecule has 28 heavy (non-hydrogen) atoms. The van der Waals surface area contributed by atoms with Crippen LogP contribution in [0.25, 0.3) is 10.9 Å². The molecular weight excluding hydrogens is 389 g/mol. The molecule has 5 nitrogen and oxygen atoms in total. The fourth-order valence-corrected chi connectivity index (χ4v) is 2.87. The van der Waals surface area contributed by atoms with E-state index in [0.717, 1.165) is 11.6 Å². The number of fused-ring (bicyclic) bond motifs is 1. The maximum Gasteiger partial charge on any atom is 0.418 e. The Balaban J connectivity index is 1.88. The first-order valence-corrected chi connectivity index (χ1v) is 8.81. The van der Waals surface area contributed by atoms with E-state index in [4.69, 9.17) is 12.2 Å². The summed E-state index contributed by atoms with van der Waals surface area (Å²) in [4.78, 5) is 2.79. The number of rotatable bonds is 3. The summed E-state index contributed by atoms with van der Waals surface area (Å²) in [6, 6.07) is 10.6. The highest BCUT2D eigenvalue weighted by atomic mass is 32.1. The first-order valence-electron chi connectivity index (χ1n) is 8.40. The molecule has 3 rings (SSSR count). The lowest BCUT2D eigenvalue weighted by Crippen LogP contribution is -2.13. The molecule has 0 spiro atoms. The number of anilines is 1. The molecule has 146 valence electrons. The molecule has 0 bridgehead atoms. The SMILES string of the molecule is CC(C)c1ccc2[nH]c(O)c(N=NC(=S)Nc3ccccc3C(F)(F)F)c2c1. The number of azo groups is 1. The number of benzene rings is 2. The van der Waals surface area contributed by atoms with Gasteiger partial charge in [-0.3, -0.25) is 0 Å². The Morgan fingerprint density at radius 3 is 2.57 bits per heavy atom. The highest BCUT2D eigenvalue weighted by Crippen LogP contribution is 2.37. The lowest BCUT2D eigenvalue weighted by Gasteiger charge is -2.12. The van der Waals surface area contributed by atoms with Crippen LogP contribution in [0.5, 0.6) is 5.88 Å². The summed E-state index contributed by atoms with van der Waals surface area (Å²) in [7, 11) is 0. The average Bonchev–Trinajstić information content (AvgIpc) is 2.93. The topological polar surface area (TPSA) is 72.8 Å². The van der Waals surface area contributed by atoms with Crippen molar-refractivity contribution in [2.45, 2.75) is 25.9 Å². The third-order valence-electron chi connectivity index (χ3n) is 4.16. The predicted octanol–water partition coefficient (Wildman–Crippen LogP) is 6.50. The highest BCUT2D eigenvalue weighted by Gasteiger charge is 2.33. The summed E-state index contributed by atoms with van der Waals surface area (Å²) in [5.74, 6) is 0.0750. The number of hydrogen-bond acceptors (Lipinski definition) is 3. The average molecular weight is 406 g/mol. The van der Waals surface area contributed by atoms with Crippen molar-refractivity contribution in [3.63, 3.8) is 0 Å². The van der Waals surface area contributed by atoms with Gasteiger partial charge in [0.1, 0.15) is 0 Å². The van der Waals surface area contributed by atoms with E-state index in [1.165, 1.54) is 18.2 Å². The van der Waals surface area contributed by atoms with E-state index in [0.29, 0.717) is 10.9 Å². The van der Waals surface area contributed by atoms with Crippen LogP contribution < -0.4 is 5.32 Å². The molecule has 0 amide bonds. The van der Waals surface area contributed by atoms with Gasteiger partial charge in [0.2, 0.25) is 11.0 Å². The van der Waals surface area contributed by atoms with Crippen LogP contribution in [0.1, 0.15) is 30.9 Å². The highest BCUT2D eigenvalue weighted by molar-refractivity contribution is 7.80. The number of alkyl halides is 3. The molecule has 0 aliphatic heterocycles. The number of halogens is 3. The van der Waals surface area contributed by atoms with Gasteiger partial charge in [-0.15, -0.1) is 10.2 Å². The third kappa shape index (κ3) is 4.14. The van der Waals surface area contributed by atoms with E-state index < -0.39 is 11.7 Å². The van der Waals surface area contributed by atoms with Crippen molar-refractivity contribution < 1.29 is 18.3 Å². The molecular formula is C19H17F3N4OS. The van der Waals surface area contributed by atoms with E-state index in [1.54, 1.807) is 0 Å². The molecule has 0 radical (unpaired) electrons. The maximum absolute atomic E-state index is 13.1. The summed E-state index contributed by atoms with van der Waals surface area (Å²) in [5, 5.41) is 20.6. The van der Waals surface area contributed by atoms with Crippen molar-refractivity contribution in [3.05, 3.63) is 53.6 Å². The van der Waals surface area contributed by atoms with E-state index in [1.807, 2.05) is 32.0 Å². The molecule has 1 heterocycles. The van der Waals surface area contributed by atoms with Crippen LogP contribution in [0.3, 0.4) is 0 Å². The van der Waals surface area contributed by atoms with E-state index in [-0.39, 0.29) is 28.3 Å². The lowest BCUT2D eigenvalue weighted by atomic mass is 10.0. The largest absolute Gasteiger partial charge is 0.493 e. The number of H-pyrrole nitrogens is 1. The molecule has 0 fully saturated rings. The number of aromatic nitrogens is 1. The first-order chi connectivity index (χ1) is 13.2. The van der Waals surface area contributed by atoms with Gasteiger partial charge in [-0.1, -0.05) is 32.0 Å². The van der Waals surface area contributed by atoms with Crippen LogP contribution in [-0.4, -0.2) is 15.2 Å². The Bertz CT molecular complexity index is 1060. The molecule has 0 unspecified atom stereocenters. The standard InChI is InChI=1S/C19H17F3N4OS/c1-10(2)11-7-8-14-12(9-11)16(17(27)23-14)25-26-18(28)24-15-6-4-3-5-13(15)19(20,21)22/h3-10,23,27H,1-2H3,(H,24,28). The summed E-state index contributed by atoms with van der Waals surface area (Å²) in [6.45, 7) is 4.07. The zero-order valence-electron chi connectivity index (χ0n) is 15.0. The molecule has 0 saturated heterocycles. The number of nitrogens with one attached hydrogen (secondary N) is 2. The number of aromatic amines is 1. The van der Waals surface area contributed by atoms with Crippen molar-refractivity contribution >= 4 is 39.6 Å². The Labute approximate surface area is 164 Å². The molecule has 0 aliphatic carbocycles. The van der Waals surface area contributed by atoms with Gasteiger partial charge in [0.25, 0.3) is 0 Å². The van der Waals surface area contributed by atoms with E-state index >= 15 is 0 Å². The zero-order chi connectivity index (χ0) is 20.5. The van der Waals surface area contributed by atoms with E-state index in [9.17, 15) is 18.3 Å². The summed E-state index contributed by atoms with van der Waals surface area (Å²) in [6.07, 6.45) is -4.53. The minimum atomic E-state index is -4.53. The first kappa shape index (κ1) is 19.8. The van der Waals surface area contributed by atoms with Gasteiger partial charge in [0.05, 0.1) is 16.8 Å². The van der Waals surface area contributed by atoms with E-state index in [2.05, 4.69) is 20.5 Å². The number of para-hydroxylation sites is 1. The minimum absolute atomic E-state index is 0.172. The lowest BCUT2D eigenvalue weighted by molar-refractivity contribution is -0.136. The van der Waals surface area contributed by atoms with Gasteiger partial charge in [0.15, 0.2) is 5.69 Å². The summed E-state index contributed by atoms with van der Waals surface area (Å²) < 4.78 is 39.2. The third-order valence-corrected chi connectivity index (χ3v) is 4.34. The quantitative estimate of drug-likeness (QED) is 0.343. The Kier molecular flexibility index (Phi) is 5.37. The second-order valence-corrected chi connectivity index (χ2v) is 6.84. The van der Waals surface area contributed by atoms with Gasteiger partial charge in [-0.05, 0) is 48.0 Å². The van der Waals surface area contributed by atoms with Gasteiger partial charge >= 0.3 is 6.18 Å². The monoisotopic (exact) mass is 406 g/mol. The van der Waals surface area contributed by atoms with Crippen LogP contribution in [0.15, 0.2) is 52.7 Å².